The largest absolute Gasteiger partial charge is 0.396 e. The lowest BCUT2D eigenvalue weighted by atomic mass is 9.86. The monoisotopic (exact) mass is 384 g/mol. The van der Waals surface area contributed by atoms with Crippen LogP contribution < -0.4 is 4.90 Å². The molecule has 0 saturated carbocycles. The van der Waals surface area contributed by atoms with E-state index in [4.69, 9.17) is 10.1 Å². The van der Waals surface area contributed by atoms with Gasteiger partial charge in [-0.15, -0.1) is 11.3 Å². The minimum Gasteiger partial charge on any atom is -0.396 e. The molecule has 0 bridgehead atoms. The zero-order valence-corrected chi connectivity index (χ0v) is 17.5. The first kappa shape index (κ1) is 18.9. The van der Waals surface area contributed by atoms with E-state index >= 15 is 0 Å². The Morgan fingerprint density at radius 3 is 2.81 bits per heavy atom. The van der Waals surface area contributed by atoms with Gasteiger partial charge in [0.2, 0.25) is 0 Å². The molecule has 2 aliphatic rings. The lowest BCUT2D eigenvalue weighted by molar-refractivity contribution is 0.272. The van der Waals surface area contributed by atoms with Gasteiger partial charge in [0.1, 0.15) is 0 Å². The number of aromatic nitrogens is 1. The Labute approximate surface area is 167 Å². The second-order valence-corrected chi connectivity index (χ2v) is 9.76. The summed E-state index contributed by atoms with van der Waals surface area (Å²) in [6, 6.07) is 6.96. The van der Waals surface area contributed by atoms with Gasteiger partial charge < -0.3 is 10.0 Å². The molecule has 27 heavy (non-hydrogen) atoms. The van der Waals surface area contributed by atoms with Crippen LogP contribution in [-0.2, 0) is 11.8 Å². The molecule has 4 rings (SSSR count). The lowest BCUT2D eigenvalue weighted by Gasteiger charge is -2.31. The van der Waals surface area contributed by atoms with Crippen molar-refractivity contribution in [1.29, 1.82) is 0 Å². The van der Waals surface area contributed by atoms with Crippen molar-refractivity contribution in [2.45, 2.75) is 64.2 Å². The van der Waals surface area contributed by atoms with Gasteiger partial charge in [0.25, 0.3) is 0 Å². The van der Waals surface area contributed by atoms with Gasteiger partial charge in [-0.05, 0) is 60.6 Å². The van der Waals surface area contributed by atoms with Crippen LogP contribution in [0.2, 0.25) is 0 Å². The topological polar surface area (TPSA) is 36.4 Å². The van der Waals surface area contributed by atoms with E-state index in [9.17, 15) is 0 Å². The maximum atomic E-state index is 8.94. The van der Waals surface area contributed by atoms with E-state index in [1.165, 1.54) is 53.9 Å². The van der Waals surface area contributed by atoms with Gasteiger partial charge in [0.15, 0.2) is 5.13 Å². The molecule has 1 N–H and O–H groups in total. The average molecular weight is 385 g/mol. The molecule has 1 aliphatic heterocycles. The zero-order chi connectivity index (χ0) is 18.9. The van der Waals surface area contributed by atoms with Crippen LogP contribution in [0.5, 0.6) is 0 Å². The maximum absolute atomic E-state index is 8.94. The number of rotatable bonds is 6. The van der Waals surface area contributed by atoms with Gasteiger partial charge in [-0.1, -0.05) is 38.8 Å². The fourth-order valence-corrected chi connectivity index (χ4v) is 5.59. The maximum Gasteiger partial charge on any atom is 0.185 e. The summed E-state index contributed by atoms with van der Waals surface area (Å²) in [5, 5.41) is 12.4. The summed E-state index contributed by atoms with van der Waals surface area (Å²) in [5.41, 5.74) is 5.75. The minimum atomic E-state index is 0.322. The molecule has 2 heterocycles. The van der Waals surface area contributed by atoms with Gasteiger partial charge in [-0.2, -0.15) is 0 Å². The number of hydrogen-bond donors (Lipinski definition) is 1. The summed E-state index contributed by atoms with van der Waals surface area (Å²) in [4.78, 5) is 7.44. The van der Waals surface area contributed by atoms with Crippen molar-refractivity contribution in [1.82, 2.24) is 4.98 Å². The highest BCUT2D eigenvalue weighted by Gasteiger charge is 2.29. The zero-order valence-electron chi connectivity index (χ0n) is 16.7. The van der Waals surface area contributed by atoms with Gasteiger partial charge in [0.05, 0.1) is 5.69 Å². The molecule has 2 aromatic rings. The number of aliphatic hydroxyl groups is 1. The highest BCUT2D eigenvalue weighted by atomic mass is 32.1. The first-order chi connectivity index (χ1) is 13.1. The number of benzene rings is 1. The average Bonchev–Trinajstić information content (AvgIpc) is 3.28. The molecule has 1 aliphatic carbocycles. The molecule has 4 heteroatoms. The van der Waals surface area contributed by atoms with E-state index in [0.29, 0.717) is 12.0 Å². The van der Waals surface area contributed by atoms with Crippen LogP contribution in [0.1, 0.15) is 63.5 Å². The van der Waals surface area contributed by atoms with Crippen molar-refractivity contribution in [3.63, 3.8) is 0 Å². The quantitative estimate of drug-likeness (QED) is 0.676. The predicted molar refractivity (Wildman–Crippen MR) is 115 cm³/mol. The first-order valence-corrected chi connectivity index (χ1v) is 11.4. The van der Waals surface area contributed by atoms with Crippen LogP contribution in [0, 0.1) is 5.92 Å². The number of aryl methyl sites for hydroxylation is 1. The molecule has 0 radical (unpaired) electrons. The normalized spacial score (nSPS) is 19.4. The van der Waals surface area contributed by atoms with Gasteiger partial charge in [0, 0.05) is 30.6 Å². The Balaban J connectivity index is 1.40. The Morgan fingerprint density at radius 2 is 2.04 bits per heavy atom. The molecular weight excluding hydrogens is 352 g/mol. The summed E-state index contributed by atoms with van der Waals surface area (Å²) in [5.74, 6) is 0.826. The van der Waals surface area contributed by atoms with Crippen LogP contribution in [-0.4, -0.2) is 29.8 Å². The van der Waals surface area contributed by atoms with Crippen LogP contribution >= 0.6 is 11.3 Å². The summed E-state index contributed by atoms with van der Waals surface area (Å²) < 4.78 is 0. The summed E-state index contributed by atoms with van der Waals surface area (Å²) in [7, 11) is 0. The number of piperidine rings is 1. The highest BCUT2D eigenvalue weighted by Crippen LogP contribution is 2.40. The third-order valence-corrected chi connectivity index (χ3v) is 7.45. The van der Waals surface area contributed by atoms with Crippen molar-refractivity contribution in [3.05, 3.63) is 34.7 Å². The predicted octanol–water partition coefficient (Wildman–Crippen LogP) is 5.41. The second-order valence-electron chi connectivity index (χ2n) is 8.92. The Bertz CT molecular complexity index is 774. The molecule has 146 valence electrons. The van der Waals surface area contributed by atoms with Crippen molar-refractivity contribution in [2.75, 3.05) is 24.6 Å². The van der Waals surface area contributed by atoms with Crippen molar-refractivity contribution >= 4 is 16.5 Å². The van der Waals surface area contributed by atoms with E-state index in [1.807, 2.05) is 0 Å². The summed E-state index contributed by atoms with van der Waals surface area (Å²) >= 11 is 1.79. The van der Waals surface area contributed by atoms with E-state index in [0.717, 1.165) is 37.5 Å². The molecule has 0 spiro atoms. The van der Waals surface area contributed by atoms with E-state index < -0.39 is 0 Å². The first-order valence-electron chi connectivity index (χ1n) is 10.5. The molecular formula is C23H32N2OS. The van der Waals surface area contributed by atoms with Crippen LogP contribution in [0.15, 0.2) is 23.6 Å². The Morgan fingerprint density at radius 1 is 1.22 bits per heavy atom. The van der Waals surface area contributed by atoms with Gasteiger partial charge in [-0.25, -0.2) is 4.98 Å². The highest BCUT2D eigenvalue weighted by molar-refractivity contribution is 7.14. The van der Waals surface area contributed by atoms with Crippen molar-refractivity contribution in [2.24, 2.45) is 5.92 Å². The number of nitrogens with zero attached hydrogens (tertiary/aromatic N) is 2. The minimum absolute atomic E-state index is 0.322. The molecule has 1 aromatic heterocycles. The number of aliphatic hydroxyl groups excluding tert-OH is 1. The third-order valence-electron chi connectivity index (χ3n) is 6.55. The molecule has 1 saturated heterocycles. The summed E-state index contributed by atoms with van der Waals surface area (Å²) in [6.07, 6.45) is 8.34. The van der Waals surface area contributed by atoms with Crippen molar-refractivity contribution < 1.29 is 5.11 Å². The van der Waals surface area contributed by atoms with Gasteiger partial charge in [-0.3, -0.25) is 0 Å². The number of hydrogen-bond acceptors (Lipinski definition) is 4. The van der Waals surface area contributed by atoms with E-state index in [1.54, 1.807) is 11.3 Å². The second kappa shape index (κ2) is 7.92. The standard InChI is InChI=1S/C23H32N2OS/c1-23(2)11-8-18-15-19(6-7-20(18)23)21-16-27-22(24-21)25-12-9-17(10-13-25)5-3-4-14-26/h6-7,15-17,26H,3-5,8-14H2,1-2H3. The number of fused-ring (bicyclic) bond motifs is 1. The molecule has 1 fully saturated rings. The van der Waals surface area contributed by atoms with E-state index in [-0.39, 0.29) is 0 Å². The lowest BCUT2D eigenvalue weighted by Crippen LogP contribution is -2.33. The van der Waals surface area contributed by atoms with Gasteiger partial charge >= 0.3 is 0 Å². The fraction of sp³-hybridized carbons (Fsp3) is 0.609. The number of anilines is 1. The Kier molecular flexibility index (Phi) is 5.56. The summed E-state index contributed by atoms with van der Waals surface area (Å²) in [6.45, 7) is 7.28. The smallest absolute Gasteiger partial charge is 0.185 e. The molecule has 0 atom stereocenters. The third kappa shape index (κ3) is 4.07. The SMILES string of the molecule is CC1(C)CCc2cc(-c3csc(N4CCC(CCCCO)CC4)n3)ccc21. The van der Waals surface area contributed by atoms with E-state index in [2.05, 4.69) is 42.3 Å². The molecule has 0 amide bonds. The Hall–Kier alpha value is -1.39. The molecule has 0 unspecified atom stereocenters. The number of unbranched alkanes of at least 4 members (excludes halogenated alkanes) is 1. The van der Waals surface area contributed by atoms with Crippen LogP contribution in [0.25, 0.3) is 11.3 Å². The van der Waals surface area contributed by atoms with Crippen molar-refractivity contribution in [3.8, 4) is 11.3 Å². The van der Waals surface area contributed by atoms with Crippen LogP contribution in [0.4, 0.5) is 5.13 Å². The molecule has 1 aromatic carbocycles. The fourth-order valence-electron chi connectivity index (χ4n) is 4.70. The molecule has 3 nitrogen and oxygen atoms in total. The number of thiazole rings is 1. The van der Waals surface area contributed by atoms with Crippen LogP contribution in [0.3, 0.4) is 0 Å².